The van der Waals surface area contributed by atoms with E-state index in [0.717, 1.165) is 6.20 Å². The summed E-state index contributed by atoms with van der Waals surface area (Å²) in [5.41, 5.74) is 0.400. The van der Waals surface area contributed by atoms with Gasteiger partial charge in [0.25, 0.3) is 0 Å². The van der Waals surface area contributed by atoms with Crippen LogP contribution >= 0.6 is 0 Å². The minimum atomic E-state index is -0.927. The first kappa shape index (κ1) is 9.64. The molecule has 1 aromatic heterocycles. The second-order valence-electron chi connectivity index (χ2n) is 2.90. The highest BCUT2D eigenvalue weighted by molar-refractivity contribution is 5.67. The second-order valence-corrected chi connectivity index (χ2v) is 2.90. The SMILES string of the molecule is CC(CC(=O)O)c1ccncc1F. The van der Waals surface area contributed by atoms with Crippen LogP contribution in [0.5, 0.6) is 0 Å². The van der Waals surface area contributed by atoms with Crippen LogP contribution in [0, 0.1) is 5.82 Å². The molecule has 0 aliphatic heterocycles. The van der Waals surface area contributed by atoms with E-state index >= 15 is 0 Å². The molecule has 0 amide bonds. The number of carboxylic acids is 1. The van der Waals surface area contributed by atoms with E-state index in [1.54, 1.807) is 6.92 Å². The molecule has 1 aromatic rings. The summed E-state index contributed by atoms with van der Waals surface area (Å²) < 4.78 is 13.0. The zero-order valence-corrected chi connectivity index (χ0v) is 7.20. The fraction of sp³-hybridized carbons (Fsp3) is 0.333. The van der Waals surface area contributed by atoms with Gasteiger partial charge in [0.05, 0.1) is 12.6 Å². The van der Waals surface area contributed by atoms with Crippen LogP contribution in [0.2, 0.25) is 0 Å². The van der Waals surface area contributed by atoms with Gasteiger partial charge in [-0.15, -0.1) is 0 Å². The fourth-order valence-corrected chi connectivity index (χ4v) is 1.16. The Balaban J connectivity index is 2.82. The number of aliphatic carboxylic acids is 1. The number of pyridine rings is 1. The Morgan fingerprint density at radius 3 is 3.00 bits per heavy atom. The average Bonchev–Trinajstić information content (AvgIpc) is 2.03. The summed E-state index contributed by atoms with van der Waals surface area (Å²) in [7, 11) is 0. The lowest BCUT2D eigenvalue weighted by Crippen LogP contribution is -2.04. The topological polar surface area (TPSA) is 50.2 Å². The molecule has 3 nitrogen and oxygen atoms in total. The Morgan fingerprint density at radius 2 is 2.46 bits per heavy atom. The summed E-state index contributed by atoms with van der Waals surface area (Å²) in [5, 5.41) is 8.50. The second kappa shape index (κ2) is 3.98. The molecule has 0 saturated carbocycles. The summed E-state index contributed by atoms with van der Waals surface area (Å²) >= 11 is 0. The Morgan fingerprint density at radius 1 is 1.77 bits per heavy atom. The van der Waals surface area contributed by atoms with E-state index in [2.05, 4.69) is 4.98 Å². The minimum absolute atomic E-state index is 0.0685. The van der Waals surface area contributed by atoms with Gasteiger partial charge in [-0.2, -0.15) is 0 Å². The van der Waals surface area contributed by atoms with Crippen molar-refractivity contribution in [3.63, 3.8) is 0 Å². The third kappa shape index (κ3) is 2.50. The Labute approximate surface area is 75.2 Å². The normalized spacial score (nSPS) is 12.5. The molecule has 13 heavy (non-hydrogen) atoms. The van der Waals surface area contributed by atoms with Gasteiger partial charge in [0.2, 0.25) is 0 Å². The quantitative estimate of drug-likeness (QED) is 0.777. The number of hydrogen-bond donors (Lipinski definition) is 1. The van der Waals surface area contributed by atoms with Crippen LogP contribution in [0.4, 0.5) is 4.39 Å². The van der Waals surface area contributed by atoms with Gasteiger partial charge in [0.15, 0.2) is 0 Å². The maximum atomic E-state index is 13.0. The van der Waals surface area contributed by atoms with Crippen molar-refractivity contribution in [2.24, 2.45) is 0 Å². The Kier molecular flexibility index (Phi) is 2.95. The molecule has 0 aliphatic carbocycles. The lowest BCUT2D eigenvalue weighted by molar-refractivity contribution is -0.137. The molecule has 1 heterocycles. The molecule has 0 bridgehead atoms. The first-order chi connectivity index (χ1) is 6.11. The monoisotopic (exact) mass is 183 g/mol. The molecule has 0 spiro atoms. The molecule has 1 atom stereocenters. The van der Waals surface area contributed by atoms with Gasteiger partial charge < -0.3 is 5.11 Å². The van der Waals surface area contributed by atoms with Crippen molar-refractivity contribution in [2.45, 2.75) is 19.3 Å². The molecular formula is C9H10FNO2. The van der Waals surface area contributed by atoms with E-state index in [4.69, 9.17) is 5.11 Å². The summed E-state index contributed by atoms with van der Waals surface area (Å²) in [5.74, 6) is -1.69. The summed E-state index contributed by atoms with van der Waals surface area (Å²) in [6.07, 6.45) is 2.48. The fourth-order valence-electron chi connectivity index (χ4n) is 1.16. The van der Waals surface area contributed by atoms with Crippen LogP contribution in [-0.2, 0) is 4.79 Å². The number of carboxylic acid groups (broad SMARTS) is 1. The van der Waals surface area contributed by atoms with Gasteiger partial charge in [-0.3, -0.25) is 9.78 Å². The van der Waals surface area contributed by atoms with E-state index < -0.39 is 11.8 Å². The predicted molar refractivity (Wildman–Crippen MR) is 44.9 cm³/mol. The predicted octanol–water partition coefficient (Wildman–Crippen LogP) is 1.80. The lowest BCUT2D eigenvalue weighted by Gasteiger charge is -2.08. The van der Waals surface area contributed by atoms with Crippen LogP contribution in [0.25, 0.3) is 0 Å². The number of halogens is 1. The van der Waals surface area contributed by atoms with Gasteiger partial charge in [-0.1, -0.05) is 6.92 Å². The average molecular weight is 183 g/mol. The molecule has 1 unspecified atom stereocenters. The summed E-state index contributed by atoms with van der Waals surface area (Å²) in [6, 6.07) is 1.50. The van der Waals surface area contributed by atoms with Crippen LogP contribution in [0.3, 0.4) is 0 Å². The smallest absolute Gasteiger partial charge is 0.303 e. The first-order valence-electron chi connectivity index (χ1n) is 3.92. The van der Waals surface area contributed by atoms with Crippen LogP contribution in [0.15, 0.2) is 18.5 Å². The number of hydrogen-bond acceptors (Lipinski definition) is 2. The third-order valence-electron chi connectivity index (χ3n) is 1.82. The summed E-state index contributed by atoms with van der Waals surface area (Å²) in [6.45, 7) is 1.67. The van der Waals surface area contributed by atoms with Crippen molar-refractivity contribution in [1.82, 2.24) is 4.98 Å². The van der Waals surface area contributed by atoms with Crippen LogP contribution in [-0.4, -0.2) is 16.1 Å². The number of rotatable bonds is 3. The highest BCUT2D eigenvalue weighted by Crippen LogP contribution is 2.20. The van der Waals surface area contributed by atoms with Crippen molar-refractivity contribution in [3.8, 4) is 0 Å². The van der Waals surface area contributed by atoms with Crippen molar-refractivity contribution in [1.29, 1.82) is 0 Å². The molecule has 4 heteroatoms. The molecule has 0 aromatic carbocycles. The van der Waals surface area contributed by atoms with Crippen molar-refractivity contribution < 1.29 is 14.3 Å². The van der Waals surface area contributed by atoms with E-state index in [0.29, 0.717) is 5.56 Å². The molecule has 0 fully saturated rings. The molecule has 70 valence electrons. The van der Waals surface area contributed by atoms with E-state index in [1.807, 2.05) is 0 Å². The van der Waals surface area contributed by atoms with E-state index in [1.165, 1.54) is 12.3 Å². The van der Waals surface area contributed by atoms with Crippen molar-refractivity contribution in [2.75, 3.05) is 0 Å². The molecule has 0 aliphatic rings. The highest BCUT2D eigenvalue weighted by Gasteiger charge is 2.13. The van der Waals surface area contributed by atoms with E-state index in [-0.39, 0.29) is 12.3 Å². The van der Waals surface area contributed by atoms with Gasteiger partial charge in [0, 0.05) is 6.20 Å². The zero-order valence-electron chi connectivity index (χ0n) is 7.20. The van der Waals surface area contributed by atoms with Crippen LogP contribution in [0.1, 0.15) is 24.8 Å². The number of aromatic nitrogens is 1. The molecular weight excluding hydrogens is 173 g/mol. The zero-order chi connectivity index (χ0) is 9.84. The first-order valence-corrected chi connectivity index (χ1v) is 3.92. The van der Waals surface area contributed by atoms with Gasteiger partial charge >= 0.3 is 5.97 Å². The van der Waals surface area contributed by atoms with Gasteiger partial charge in [0.1, 0.15) is 5.82 Å². The van der Waals surface area contributed by atoms with Crippen molar-refractivity contribution in [3.05, 3.63) is 29.8 Å². The highest BCUT2D eigenvalue weighted by atomic mass is 19.1. The molecule has 1 rings (SSSR count). The largest absolute Gasteiger partial charge is 0.481 e. The molecule has 1 N–H and O–H groups in total. The van der Waals surface area contributed by atoms with Crippen molar-refractivity contribution >= 4 is 5.97 Å². The Bertz CT molecular complexity index is 314. The minimum Gasteiger partial charge on any atom is -0.481 e. The molecule has 0 radical (unpaired) electrons. The standard InChI is InChI=1S/C9H10FNO2/c1-6(4-9(12)13)7-2-3-11-5-8(7)10/h2-3,5-6H,4H2,1H3,(H,12,13). The maximum absolute atomic E-state index is 13.0. The number of nitrogens with zero attached hydrogens (tertiary/aromatic N) is 1. The van der Waals surface area contributed by atoms with Crippen LogP contribution < -0.4 is 0 Å². The maximum Gasteiger partial charge on any atom is 0.303 e. The molecule has 0 saturated heterocycles. The third-order valence-corrected chi connectivity index (χ3v) is 1.82. The van der Waals surface area contributed by atoms with E-state index in [9.17, 15) is 9.18 Å². The van der Waals surface area contributed by atoms with Gasteiger partial charge in [-0.05, 0) is 17.5 Å². The lowest BCUT2D eigenvalue weighted by atomic mass is 9.99. The summed E-state index contributed by atoms with van der Waals surface area (Å²) in [4.78, 5) is 13.9. The van der Waals surface area contributed by atoms with Gasteiger partial charge in [-0.25, -0.2) is 4.39 Å². The number of carbonyl (C=O) groups is 1. The Hall–Kier alpha value is -1.45.